The van der Waals surface area contributed by atoms with Gasteiger partial charge in [0.25, 0.3) is 0 Å². The Morgan fingerprint density at radius 2 is 1.73 bits per heavy atom. The zero-order valence-corrected chi connectivity index (χ0v) is 9.45. The van der Waals surface area contributed by atoms with Gasteiger partial charge in [-0.3, -0.25) is 0 Å². The van der Waals surface area contributed by atoms with Crippen molar-refractivity contribution in [3.63, 3.8) is 0 Å². The van der Waals surface area contributed by atoms with E-state index >= 15 is 0 Å². The van der Waals surface area contributed by atoms with Gasteiger partial charge in [-0.15, -0.1) is 0 Å². The molecule has 15 heavy (non-hydrogen) atoms. The van der Waals surface area contributed by atoms with Crippen molar-refractivity contribution in [2.75, 3.05) is 12.9 Å². The van der Waals surface area contributed by atoms with E-state index in [0.29, 0.717) is 0 Å². The molecule has 1 aromatic rings. The van der Waals surface area contributed by atoms with Gasteiger partial charge in [-0.2, -0.15) is 5.26 Å². The largest absolute Gasteiger partial charge is 0.400 e. The van der Waals surface area contributed by atoms with Crippen LogP contribution in [0.3, 0.4) is 0 Å². The molecule has 0 radical (unpaired) electrons. The van der Waals surface area contributed by atoms with Crippen LogP contribution < -0.4 is 0 Å². The molecule has 5 heteroatoms. The van der Waals surface area contributed by atoms with Gasteiger partial charge in [-0.25, -0.2) is 8.42 Å². The summed E-state index contributed by atoms with van der Waals surface area (Å²) in [7, 11) is -2.39. The first kappa shape index (κ1) is 13.6. The van der Waals surface area contributed by atoms with Crippen LogP contribution in [-0.4, -0.2) is 26.4 Å². The topological polar surface area (TPSA) is 78.2 Å². The Morgan fingerprint density at radius 3 is 2.13 bits per heavy atom. The molecule has 0 bridgehead atoms. The van der Waals surface area contributed by atoms with E-state index in [-0.39, 0.29) is 4.90 Å². The standard InChI is InChI=1S/C9H9NO2S.CH4O/c1-8-2-4-9(5-3-8)13(11,12)7-6-10;1-2/h2-5H,7H2,1H3;2H,1H3. The Hall–Kier alpha value is -1.38. The molecule has 0 atom stereocenters. The lowest BCUT2D eigenvalue weighted by atomic mass is 10.2. The second-order valence-electron chi connectivity index (χ2n) is 2.73. The third kappa shape index (κ3) is 4.11. The van der Waals surface area contributed by atoms with E-state index in [2.05, 4.69) is 0 Å². The predicted molar refractivity (Wildman–Crippen MR) is 57.0 cm³/mol. The Morgan fingerprint density at radius 1 is 1.27 bits per heavy atom. The van der Waals surface area contributed by atoms with Crippen molar-refractivity contribution in [2.45, 2.75) is 11.8 Å². The first-order chi connectivity index (χ1) is 7.06. The summed E-state index contributed by atoms with van der Waals surface area (Å²) >= 11 is 0. The average Bonchev–Trinajstić information content (AvgIpc) is 2.21. The third-order valence-electron chi connectivity index (χ3n) is 1.63. The van der Waals surface area contributed by atoms with E-state index < -0.39 is 15.6 Å². The fraction of sp³-hybridized carbons (Fsp3) is 0.300. The van der Waals surface area contributed by atoms with E-state index in [0.717, 1.165) is 12.7 Å². The fourth-order valence-corrected chi connectivity index (χ4v) is 1.80. The molecule has 0 amide bonds. The van der Waals surface area contributed by atoms with Crippen LogP contribution in [-0.2, 0) is 9.84 Å². The van der Waals surface area contributed by atoms with Crippen molar-refractivity contribution in [3.8, 4) is 6.07 Å². The summed E-state index contributed by atoms with van der Waals surface area (Å²) in [6.45, 7) is 1.88. The van der Waals surface area contributed by atoms with E-state index in [1.807, 2.05) is 6.92 Å². The van der Waals surface area contributed by atoms with Gasteiger partial charge in [0.15, 0.2) is 9.84 Å². The summed E-state index contributed by atoms with van der Waals surface area (Å²) < 4.78 is 22.6. The average molecular weight is 227 g/mol. The van der Waals surface area contributed by atoms with Crippen LogP contribution in [0.4, 0.5) is 0 Å². The van der Waals surface area contributed by atoms with Gasteiger partial charge in [-0.05, 0) is 19.1 Å². The quantitative estimate of drug-likeness (QED) is 0.814. The van der Waals surface area contributed by atoms with Crippen LogP contribution in [0.2, 0.25) is 0 Å². The number of sulfone groups is 1. The van der Waals surface area contributed by atoms with Gasteiger partial charge in [0.2, 0.25) is 0 Å². The van der Waals surface area contributed by atoms with Gasteiger partial charge >= 0.3 is 0 Å². The molecule has 1 N–H and O–H groups in total. The molecule has 0 heterocycles. The van der Waals surface area contributed by atoms with Crippen molar-refractivity contribution in [3.05, 3.63) is 29.8 Å². The first-order valence-electron chi connectivity index (χ1n) is 4.17. The molecule has 0 aromatic heterocycles. The highest BCUT2D eigenvalue weighted by Gasteiger charge is 2.12. The number of rotatable bonds is 2. The van der Waals surface area contributed by atoms with Gasteiger partial charge in [0, 0.05) is 7.11 Å². The number of benzene rings is 1. The SMILES string of the molecule is CO.Cc1ccc(S(=O)(=O)CC#N)cc1. The van der Waals surface area contributed by atoms with Crippen LogP contribution in [0.15, 0.2) is 29.2 Å². The monoisotopic (exact) mass is 227 g/mol. The van der Waals surface area contributed by atoms with Gasteiger partial charge in [-0.1, -0.05) is 17.7 Å². The molecule has 82 valence electrons. The van der Waals surface area contributed by atoms with Crippen LogP contribution in [0.1, 0.15) is 5.56 Å². The van der Waals surface area contributed by atoms with Crippen molar-refractivity contribution in [2.24, 2.45) is 0 Å². The lowest BCUT2D eigenvalue weighted by Crippen LogP contribution is -2.04. The van der Waals surface area contributed by atoms with Crippen LogP contribution in [0.25, 0.3) is 0 Å². The Balaban J connectivity index is 0.000000921. The molecular weight excluding hydrogens is 214 g/mol. The summed E-state index contributed by atoms with van der Waals surface area (Å²) in [6, 6.07) is 8.09. The maximum Gasteiger partial charge on any atom is 0.191 e. The number of hydrogen-bond donors (Lipinski definition) is 1. The van der Waals surface area contributed by atoms with Gasteiger partial charge < -0.3 is 5.11 Å². The van der Waals surface area contributed by atoms with Crippen LogP contribution in [0, 0.1) is 18.3 Å². The number of nitriles is 1. The third-order valence-corrected chi connectivity index (χ3v) is 3.13. The summed E-state index contributed by atoms with van der Waals surface area (Å²) in [6.07, 6.45) is 0. The Labute approximate surface area is 89.7 Å². The van der Waals surface area contributed by atoms with Crippen LogP contribution >= 0.6 is 0 Å². The maximum atomic E-state index is 11.3. The molecule has 0 spiro atoms. The molecule has 0 saturated carbocycles. The van der Waals surface area contributed by atoms with E-state index in [1.165, 1.54) is 12.1 Å². The zero-order valence-electron chi connectivity index (χ0n) is 8.64. The molecule has 4 nitrogen and oxygen atoms in total. The van der Waals surface area contributed by atoms with Crippen LogP contribution in [0.5, 0.6) is 0 Å². The number of hydrogen-bond acceptors (Lipinski definition) is 4. The fourth-order valence-electron chi connectivity index (χ4n) is 0.914. The highest BCUT2D eigenvalue weighted by atomic mass is 32.2. The second kappa shape index (κ2) is 6.17. The number of aryl methyl sites for hydroxylation is 1. The molecular formula is C10H13NO3S. The summed E-state index contributed by atoms with van der Waals surface area (Å²) in [5.74, 6) is -0.462. The summed E-state index contributed by atoms with van der Waals surface area (Å²) in [5.41, 5.74) is 0.996. The molecule has 0 aliphatic rings. The minimum absolute atomic E-state index is 0.208. The number of nitrogens with zero attached hydrogens (tertiary/aromatic N) is 1. The first-order valence-corrected chi connectivity index (χ1v) is 5.82. The van der Waals surface area contributed by atoms with Crippen molar-refractivity contribution in [1.82, 2.24) is 0 Å². The van der Waals surface area contributed by atoms with Crippen molar-refractivity contribution >= 4 is 9.84 Å². The molecule has 1 rings (SSSR count). The molecule has 0 fully saturated rings. The second-order valence-corrected chi connectivity index (χ2v) is 4.72. The lowest BCUT2D eigenvalue weighted by molar-refractivity contribution is 0.399. The molecule has 0 aliphatic heterocycles. The number of aliphatic hydroxyl groups excluding tert-OH is 1. The smallest absolute Gasteiger partial charge is 0.191 e. The molecule has 0 aliphatic carbocycles. The normalized spacial score (nSPS) is 9.73. The highest BCUT2D eigenvalue weighted by molar-refractivity contribution is 7.91. The van der Waals surface area contributed by atoms with Crippen molar-refractivity contribution < 1.29 is 13.5 Å². The van der Waals surface area contributed by atoms with Gasteiger partial charge in [0.05, 0.1) is 11.0 Å². The Bertz CT molecular complexity index is 429. The predicted octanol–water partition coefficient (Wildman–Crippen LogP) is 0.901. The van der Waals surface area contributed by atoms with Gasteiger partial charge in [0.1, 0.15) is 5.75 Å². The minimum atomic E-state index is -3.39. The van der Waals surface area contributed by atoms with Crippen molar-refractivity contribution in [1.29, 1.82) is 5.26 Å². The minimum Gasteiger partial charge on any atom is -0.400 e. The van der Waals surface area contributed by atoms with E-state index in [1.54, 1.807) is 18.2 Å². The molecule has 0 saturated heterocycles. The maximum absolute atomic E-state index is 11.3. The number of aliphatic hydroxyl groups is 1. The highest BCUT2D eigenvalue weighted by Crippen LogP contribution is 2.11. The molecule has 0 unspecified atom stereocenters. The van der Waals surface area contributed by atoms with E-state index in [9.17, 15) is 8.42 Å². The Kier molecular flexibility index (Phi) is 5.60. The summed E-state index contributed by atoms with van der Waals surface area (Å²) in [4.78, 5) is 0.208. The molecule has 1 aromatic carbocycles. The summed E-state index contributed by atoms with van der Waals surface area (Å²) in [5, 5.41) is 15.3. The lowest BCUT2D eigenvalue weighted by Gasteiger charge is -1.99. The zero-order chi connectivity index (χ0) is 11.9. The van der Waals surface area contributed by atoms with E-state index in [4.69, 9.17) is 10.4 Å².